The molecule has 0 heterocycles. The van der Waals surface area contributed by atoms with E-state index < -0.39 is 35.2 Å². The van der Waals surface area contributed by atoms with Crippen molar-refractivity contribution >= 4 is 23.7 Å². The zero-order chi connectivity index (χ0) is 65.8. The number of aromatic hydroxyl groups is 2. The van der Waals surface area contributed by atoms with Crippen LogP contribution in [0.3, 0.4) is 0 Å². The largest absolute Gasteiger partial charge is 0.504 e. The number of ketones is 2. The Bertz CT molecular complexity index is 3030. The second-order valence-electron chi connectivity index (χ2n) is 22.2. The van der Waals surface area contributed by atoms with Gasteiger partial charge in [0.2, 0.25) is 0 Å². The van der Waals surface area contributed by atoms with Gasteiger partial charge in [0, 0.05) is 5.41 Å². The van der Waals surface area contributed by atoms with Gasteiger partial charge in [-0.1, -0.05) is 62.4 Å². The van der Waals surface area contributed by atoms with Gasteiger partial charge < -0.3 is 78.0 Å². The number of aryl methyl sites for hydroxylation is 4. The standard InChI is InChI=1S/C25H36O6.C25H28O6.C21H28O6/c2*1-25(2,23(26)13-9-17-7-11-19(28-3)21(15-17)30-5)24(27)14-10-18-8-12-20(29-4)22(16-18)31-6;1-26-20-11-14(5-9-18(20)24)3-7-16(22)13-17(23)8-4-15-6-10-19(25)21(12-15)27-2/h7-8,11-12,15-16,23-24,26-27H,9-10,13-14H2,1-6H3;7-16H,1-6H3;5-6,9-12,16-17,22-25H,3-4,7-8,13H2,1-2H3/b;13-9+,14-10+;. The molecule has 4 atom stereocenters. The van der Waals surface area contributed by atoms with Gasteiger partial charge >= 0.3 is 0 Å². The number of methoxy groups -OCH3 is 10. The van der Waals surface area contributed by atoms with E-state index >= 15 is 0 Å². The van der Waals surface area contributed by atoms with Gasteiger partial charge in [-0.05, 0) is 190 Å². The highest BCUT2D eigenvalue weighted by Crippen LogP contribution is 2.36. The molecule has 0 radical (unpaired) electrons. The van der Waals surface area contributed by atoms with Crippen LogP contribution in [0, 0.1) is 10.8 Å². The van der Waals surface area contributed by atoms with Crippen molar-refractivity contribution in [2.24, 2.45) is 10.8 Å². The predicted octanol–water partition coefficient (Wildman–Crippen LogP) is 11.4. The van der Waals surface area contributed by atoms with Crippen molar-refractivity contribution in [1.82, 2.24) is 0 Å². The molecule has 89 heavy (non-hydrogen) atoms. The van der Waals surface area contributed by atoms with Gasteiger partial charge in [0.15, 0.2) is 80.6 Å². The van der Waals surface area contributed by atoms with E-state index in [-0.39, 0.29) is 23.1 Å². The molecule has 6 N–H and O–H groups in total. The third kappa shape index (κ3) is 22.0. The maximum Gasteiger partial charge on any atom is 0.169 e. The van der Waals surface area contributed by atoms with Crippen LogP contribution in [0.2, 0.25) is 0 Å². The molecule has 6 rings (SSSR count). The molecule has 4 unspecified atom stereocenters. The average molecular weight is 1230 g/mol. The molecule has 484 valence electrons. The molecule has 0 aliphatic heterocycles. The Balaban J connectivity index is 0.000000286. The van der Waals surface area contributed by atoms with Crippen molar-refractivity contribution < 1.29 is 87.6 Å². The molecule has 18 heteroatoms. The Kier molecular flexibility index (Phi) is 29.7. The summed E-state index contributed by atoms with van der Waals surface area (Å²) in [5, 5.41) is 61.2. The number of benzene rings is 6. The Hall–Kier alpha value is -8.42. The Morgan fingerprint density at radius 3 is 0.955 bits per heavy atom. The number of phenols is 2. The van der Waals surface area contributed by atoms with E-state index in [0.717, 1.165) is 33.4 Å². The molecule has 0 aliphatic rings. The van der Waals surface area contributed by atoms with E-state index in [2.05, 4.69) is 0 Å². The smallest absolute Gasteiger partial charge is 0.169 e. The predicted molar refractivity (Wildman–Crippen MR) is 345 cm³/mol. The monoisotopic (exact) mass is 1230 g/mol. The fourth-order valence-corrected chi connectivity index (χ4v) is 9.41. The normalized spacial score (nSPS) is 12.7. The molecular weight excluding hydrogens is 1140 g/mol. The zero-order valence-corrected chi connectivity index (χ0v) is 54.0. The molecule has 0 fully saturated rings. The van der Waals surface area contributed by atoms with E-state index in [4.69, 9.17) is 47.4 Å². The quantitative estimate of drug-likeness (QED) is 0.0170. The number of hydrogen-bond acceptors (Lipinski definition) is 18. The van der Waals surface area contributed by atoms with E-state index in [1.165, 1.54) is 26.4 Å². The fourth-order valence-electron chi connectivity index (χ4n) is 9.41. The third-order valence-electron chi connectivity index (χ3n) is 15.5. The highest BCUT2D eigenvalue weighted by Gasteiger charge is 2.35. The number of carbonyl (C=O) groups excluding carboxylic acids is 2. The Labute approximate surface area is 524 Å². The van der Waals surface area contributed by atoms with E-state index in [0.29, 0.717) is 115 Å². The summed E-state index contributed by atoms with van der Waals surface area (Å²) in [6, 6.07) is 32.4. The summed E-state index contributed by atoms with van der Waals surface area (Å²) in [5.41, 5.74) is 3.67. The molecule has 0 amide bonds. The Morgan fingerprint density at radius 1 is 0.371 bits per heavy atom. The number of phenolic OH excluding ortho intramolecular Hbond substituents is 2. The van der Waals surface area contributed by atoms with Crippen LogP contribution >= 0.6 is 0 Å². The minimum absolute atomic E-state index is 0.0862. The summed E-state index contributed by atoms with van der Waals surface area (Å²) < 4.78 is 52.4. The first-order valence-electron chi connectivity index (χ1n) is 29.2. The number of aliphatic hydroxyl groups excluding tert-OH is 4. The van der Waals surface area contributed by atoms with Gasteiger partial charge in [-0.3, -0.25) is 9.59 Å². The second kappa shape index (κ2) is 36.2. The first-order valence-corrected chi connectivity index (χ1v) is 29.2. The fraction of sp³-hybridized carbons (Fsp3) is 0.408. The van der Waals surface area contributed by atoms with Crippen LogP contribution in [-0.4, -0.2) is 138 Å². The van der Waals surface area contributed by atoms with Crippen LogP contribution in [0.15, 0.2) is 121 Å². The van der Waals surface area contributed by atoms with E-state index in [1.54, 1.807) is 156 Å². The van der Waals surface area contributed by atoms with E-state index in [1.807, 2.05) is 50.2 Å². The van der Waals surface area contributed by atoms with Gasteiger partial charge in [-0.15, -0.1) is 0 Å². The summed E-state index contributed by atoms with van der Waals surface area (Å²) >= 11 is 0. The van der Waals surface area contributed by atoms with Gasteiger partial charge in [-0.2, -0.15) is 0 Å². The van der Waals surface area contributed by atoms with Crippen LogP contribution in [0.5, 0.6) is 69.0 Å². The highest BCUT2D eigenvalue weighted by atomic mass is 16.5. The number of aliphatic hydroxyl groups is 4. The molecule has 6 aromatic rings. The maximum atomic E-state index is 12.7. The van der Waals surface area contributed by atoms with Crippen molar-refractivity contribution in [3.63, 3.8) is 0 Å². The molecule has 0 spiro atoms. The molecule has 0 aromatic heterocycles. The molecule has 6 aromatic carbocycles. The van der Waals surface area contributed by atoms with Crippen molar-refractivity contribution in [3.05, 3.63) is 155 Å². The molecule has 0 saturated heterocycles. The van der Waals surface area contributed by atoms with Crippen molar-refractivity contribution in [2.45, 2.75) is 110 Å². The molecule has 0 aliphatic carbocycles. The highest BCUT2D eigenvalue weighted by molar-refractivity contribution is 6.16. The number of allylic oxidation sites excluding steroid dienone is 2. The van der Waals surface area contributed by atoms with Crippen molar-refractivity contribution in [3.8, 4) is 69.0 Å². The Morgan fingerprint density at radius 2 is 0.640 bits per heavy atom. The second-order valence-corrected chi connectivity index (χ2v) is 22.2. The summed E-state index contributed by atoms with van der Waals surface area (Å²) in [6.07, 6.45) is 8.57. The lowest BCUT2D eigenvalue weighted by Crippen LogP contribution is -2.41. The first-order chi connectivity index (χ1) is 42.4. The SMILES string of the molecule is COc1cc(CCC(O)CC(O)CCc2ccc(O)c(OC)c2)ccc1O.COc1ccc(/C=C/C(=O)C(C)(C)C(=O)/C=C/c2ccc(OC)c(OC)c2)cc1OC.COc1ccc(CCC(O)C(C)(C)C(O)CCc2ccc(OC)c(OC)c2)cc1OC. The maximum absolute atomic E-state index is 12.7. The summed E-state index contributed by atoms with van der Waals surface area (Å²) in [6.45, 7) is 7.03. The molecule has 0 bridgehead atoms. The van der Waals surface area contributed by atoms with E-state index in [9.17, 15) is 40.2 Å². The topological polar surface area (TPSA) is 248 Å². The minimum Gasteiger partial charge on any atom is -0.504 e. The van der Waals surface area contributed by atoms with Crippen molar-refractivity contribution in [1.29, 1.82) is 0 Å². The minimum atomic E-state index is -1.21. The summed E-state index contributed by atoms with van der Waals surface area (Å²) in [5.74, 6) is 5.40. The average Bonchev–Trinajstić information content (AvgIpc) is 3.75. The number of hydrogen-bond donors (Lipinski definition) is 6. The van der Waals surface area contributed by atoms with Crippen LogP contribution in [0.1, 0.15) is 93.2 Å². The number of rotatable bonds is 32. The van der Waals surface area contributed by atoms with Crippen LogP contribution in [0.4, 0.5) is 0 Å². The molecule has 18 nitrogen and oxygen atoms in total. The molecule has 0 saturated carbocycles. The summed E-state index contributed by atoms with van der Waals surface area (Å²) in [7, 11) is 15.6. The van der Waals surface area contributed by atoms with Crippen LogP contribution in [-0.2, 0) is 35.3 Å². The number of ether oxygens (including phenoxy) is 10. The van der Waals surface area contributed by atoms with Gasteiger partial charge in [0.1, 0.15) is 0 Å². The van der Waals surface area contributed by atoms with Crippen LogP contribution in [0.25, 0.3) is 12.2 Å². The zero-order valence-electron chi connectivity index (χ0n) is 54.0. The van der Waals surface area contributed by atoms with Gasteiger partial charge in [0.25, 0.3) is 0 Å². The van der Waals surface area contributed by atoms with Crippen LogP contribution < -0.4 is 47.4 Å². The lowest BCUT2D eigenvalue weighted by Gasteiger charge is -2.35. The van der Waals surface area contributed by atoms with Crippen molar-refractivity contribution in [2.75, 3.05) is 71.1 Å². The first kappa shape index (κ1) is 73.1. The lowest BCUT2D eigenvalue weighted by molar-refractivity contribution is -0.132. The number of carbonyl (C=O) groups is 2. The molecular formula is C71H92O18. The lowest BCUT2D eigenvalue weighted by atomic mass is 9.76. The van der Waals surface area contributed by atoms with Gasteiger partial charge in [0.05, 0.1) is 101 Å². The third-order valence-corrected chi connectivity index (χ3v) is 15.5. The summed E-state index contributed by atoms with van der Waals surface area (Å²) in [4.78, 5) is 25.4. The van der Waals surface area contributed by atoms with Gasteiger partial charge in [-0.25, -0.2) is 0 Å².